The lowest BCUT2D eigenvalue weighted by Crippen LogP contribution is -2.38. The first-order valence-corrected chi connectivity index (χ1v) is 9.64. The Morgan fingerprint density at radius 2 is 1.84 bits per heavy atom. The van der Waals surface area contributed by atoms with Crippen LogP contribution in [0.1, 0.15) is 55.8 Å². The number of rotatable bonds is 8. The summed E-state index contributed by atoms with van der Waals surface area (Å²) in [5.41, 5.74) is 1.89. The maximum atomic E-state index is 11.8. The summed E-state index contributed by atoms with van der Waals surface area (Å²) in [5, 5.41) is 15.8. The third-order valence-electron chi connectivity index (χ3n) is 4.89. The number of carbonyl (C=O) groups is 1. The number of aliphatic hydroxyl groups excluding tert-OH is 1. The maximum absolute atomic E-state index is 11.8. The minimum Gasteiger partial charge on any atom is -0.387 e. The summed E-state index contributed by atoms with van der Waals surface area (Å²) in [7, 11) is 0. The van der Waals surface area contributed by atoms with E-state index in [1.165, 1.54) is 38.8 Å². The van der Waals surface area contributed by atoms with Crippen LogP contribution in [0.5, 0.6) is 0 Å². The molecule has 1 aliphatic rings. The first-order valence-electron chi connectivity index (χ1n) is 9.64. The lowest BCUT2D eigenvalue weighted by molar-refractivity contribution is 0.172. The van der Waals surface area contributed by atoms with Crippen LogP contribution in [0.25, 0.3) is 0 Å². The molecule has 1 aliphatic heterocycles. The van der Waals surface area contributed by atoms with Gasteiger partial charge in [0.05, 0.1) is 6.10 Å². The number of hydrogen-bond acceptors (Lipinski definition) is 3. The first kappa shape index (κ1) is 19.7. The van der Waals surface area contributed by atoms with E-state index in [2.05, 4.69) is 15.5 Å². The smallest absolute Gasteiger partial charge is 0.314 e. The Balaban J connectivity index is 1.54. The number of amides is 2. The number of likely N-dealkylation sites (tertiary alicyclic amines) is 1. The van der Waals surface area contributed by atoms with Crippen LogP contribution in [0.15, 0.2) is 24.3 Å². The van der Waals surface area contributed by atoms with E-state index in [-0.39, 0.29) is 12.6 Å². The van der Waals surface area contributed by atoms with E-state index < -0.39 is 6.10 Å². The fourth-order valence-electron chi connectivity index (χ4n) is 3.34. The highest BCUT2D eigenvalue weighted by Gasteiger charge is 2.11. The minimum absolute atomic E-state index is 0.206. The van der Waals surface area contributed by atoms with E-state index in [1.54, 1.807) is 0 Å². The number of nitrogens with one attached hydrogen (secondary N) is 2. The van der Waals surface area contributed by atoms with Gasteiger partial charge in [-0.3, -0.25) is 0 Å². The van der Waals surface area contributed by atoms with Crippen LogP contribution in [0.4, 0.5) is 4.79 Å². The molecule has 1 fully saturated rings. The summed E-state index contributed by atoms with van der Waals surface area (Å²) in [5.74, 6) is 0. The van der Waals surface area contributed by atoms with Gasteiger partial charge >= 0.3 is 6.03 Å². The van der Waals surface area contributed by atoms with Gasteiger partial charge in [-0.15, -0.1) is 0 Å². The van der Waals surface area contributed by atoms with Crippen LogP contribution in [-0.4, -0.2) is 48.8 Å². The highest BCUT2D eigenvalue weighted by atomic mass is 16.3. The van der Waals surface area contributed by atoms with Crippen molar-refractivity contribution in [1.82, 2.24) is 15.5 Å². The Kier molecular flexibility index (Phi) is 8.77. The fourth-order valence-corrected chi connectivity index (χ4v) is 3.34. The van der Waals surface area contributed by atoms with E-state index in [9.17, 15) is 9.90 Å². The molecule has 1 saturated heterocycles. The second-order valence-electron chi connectivity index (χ2n) is 6.97. The van der Waals surface area contributed by atoms with Crippen LogP contribution in [0, 0.1) is 6.92 Å². The summed E-state index contributed by atoms with van der Waals surface area (Å²) >= 11 is 0. The number of unbranched alkanes of at least 4 members (excludes halogenated alkanes) is 1. The van der Waals surface area contributed by atoms with Crippen molar-refractivity contribution < 1.29 is 9.90 Å². The highest BCUT2D eigenvalue weighted by Crippen LogP contribution is 2.16. The molecule has 1 atom stereocenters. The van der Waals surface area contributed by atoms with E-state index in [0.717, 1.165) is 30.5 Å². The minimum atomic E-state index is -0.671. The van der Waals surface area contributed by atoms with Crippen LogP contribution in [0.2, 0.25) is 0 Å². The molecule has 0 radical (unpaired) electrons. The first-order chi connectivity index (χ1) is 12.2. The zero-order chi connectivity index (χ0) is 17.9. The Hall–Kier alpha value is -1.59. The molecule has 0 aromatic heterocycles. The number of nitrogens with zero attached hydrogens (tertiary/aromatic N) is 1. The van der Waals surface area contributed by atoms with Gasteiger partial charge in [-0.2, -0.15) is 0 Å². The zero-order valence-electron chi connectivity index (χ0n) is 15.5. The Morgan fingerprint density at radius 3 is 2.56 bits per heavy atom. The van der Waals surface area contributed by atoms with Gasteiger partial charge in [0.25, 0.3) is 0 Å². The van der Waals surface area contributed by atoms with Gasteiger partial charge < -0.3 is 20.6 Å². The molecule has 0 bridgehead atoms. The van der Waals surface area contributed by atoms with Crippen LogP contribution >= 0.6 is 0 Å². The molecule has 3 N–H and O–H groups in total. The average molecular weight is 348 g/mol. The van der Waals surface area contributed by atoms with Crippen molar-refractivity contribution >= 4 is 6.03 Å². The molecule has 1 aromatic carbocycles. The molecular formula is C20H33N3O2. The van der Waals surface area contributed by atoms with E-state index >= 15 is 0 Å². The summed E-state index contributed by atoms with van der Waals surface area (Å²) in [6, 6.07) is 7.49. The van der Waals surface area contributed by atoms with Crippen LogP contribution in [0.3, 0.4) is 0 Å². The largest absolute Gasteiger partial charge is 0.387 e. The van der Waals surface area contributed by atoms with Crippen molar-refractivity contribution in [2.45, 2.75) is 51.6 Å². The molecule has 0 aliphatic carbocycles. The quantitative estimate of drug-likeness (QED) is 0.634. The molecule has 1 heterocycles. The van der Waals surface area contributed by atoms with Crippen molar-refractivity contribution in [3.8, 4) is 0 Å². The van der Waals surface area contributed by atoms with Gasteiger partial charge in [0, 0.05) is 13.1 Å². The summed E-state index contributed by atoms with van der Waals surface area (Å²) in [6.45, 7) is 6.46. The summed E-state index contributed by atoms with van der Waals surface area (Å²) in [6.07, 6.45) is 6.82. The second kappa shape index (κ2) is 11.1. The second-order valence-corrected chi connectivity index (χ2v) is 6.97. The maximum Gasteiger partial charge on any atom is 0.314 e. The van der Waals surface area contributed by atoms with Gasteiger partial charge in [0.15, 0.2) is 0 Å². The number of aryl methyl sites for hydroxylation is 1. The number of hydrogen-bond donors (Lipinski definition) is 3. The number of benzene rings is 1. The van der Waals surface area contributed by atoms with Gasteiger partial charge in [-0.25, -0.2) is 4.79 Å². The van der Waals surface area contributed by atoms with Crippen molar-refractivity contribution in [2.75, 3.05) is 32.7 Å². The van der Waals surface area contributed by atoms with E-state index in [0.29, 0.717) is 6.54 Å². The third kappa shape index (κ3) is 7.45. The molecule has 25 heavy (non-hydrogen) atoms. The number of urea groups is 1. The third-order valence-corrected chi connectivity index (χ3v) is 4.89. The van der Waals surface area contributed by atoms with Crippen LogP contribution in [-0.2, 0) is 0 Å². The molecule has 0 spiro atoms. The number of carbonyl (C=O) groups excluding carboxylic acids is 1. The van der Waals surface area contributed by atoms with Crippen molar-refractivity contribution in [3.63, 3.8) is 0 Å². The van der Waals surface area contributed by atoms with Gasteiger partial charge in [0.1, 0.15) is 0 Å². The molecule has 0 saturated carbocycles. The topological polar surface area (TPSA) is 64.6 Å². The Bertz CT molecular complexity index is 513. The van der Waals surface area contributed by atoms with Gasteiger partial charge in [0.2, 0.25) is 0 Å². The SMILES string of the molecule is Cc1ccccc1[C@H](O)CNC(=O)NCCCCN1CCCCCC1. The molecular weight excluding hydrogens is 314 g/mol. The molecule has 5 nitrogen and oxygen atoms in total. The predicted molar refractivity (Wildman–Crippen MR) is 102 cm³/mol. The molecule has 140 valence electrons. The van der Waals surface area contributed by atoms with Gasteiger partial charge in [-0.1, -0.05) is 37.1 Å². The summed E-state index contributed by atoms with van der Waals surface area (Å²) in [4.78, 5) is 14.4. The normalized spacial score (nSPS) is 16.9. The standard InChI is InChI=1S/C20H33N3O2/c1-17-10-4-5-11-18(17)19(24)16-22-20(25)21-12-6-9-15-23-13-7-2-3-8-14-23/h4-5,10-11,19,24H,2-3,6-9,12-16H2,1H3,(H2,21,22,25)/t19-/m1/s1. The predicted octanol–water partition coefficient (Wildman–Crippen LogP) is 2.98. The molecule has 2 amide bonds. The lowest BCUT2D eigenvalue weighted by atomic mass is 10.0. The van der Waals surface area contributed by atoms with E-state index in [4.69, 9.17) is 0 Å². The number of aliphatic hydroxyl groups is 1. The van der Waals surface area contributed by atoms with Crippen LogP contribution < -0.4 is 10.6 Å². The lowest BCUT2D eigenvalue weighted by Gasteiger charge is -2.19. The molecule has 5 heteroatoms. The van der Waals surface area contributed by atoms with Crippen molar-refractivity contribution in [1.29, 1.82) is 0 Å². The highest BCUT2D eigenvalue weighted by molar-refractivity contribution is 5.73. The summed E-state index contributed by atoms with van der Waals surface area (Å²) < 4.78 is 0. The molecule has 0 unspecified atom stereocenters. The van der Waals surface area contributed by atoms with E-state index in [1.807, 2.05) is 31.2 Å². The molecule has 1 aromatic rings. The van der Waals surface area contributed by atoms with Gasteiger partial charge in [-0.05, 0) is 63.4 Å². The van der Waals surface area contributed by atoms with Crippen molar-refractivity contribution in [2.24, 2.45) is 0 Å². The Labute approximate surface area is 151 Å². The van der Waals surface area contributed by atoms with Crippen molar-refractivity contribution in [3.05, 3.63) is 35.4 Å². The Morgan fingerprint density at radius 1 is 1.12 bits per heavy atom. The monoisotopic (exact) mass is 347 g/mol. The average Bonchev–Trinajstić information content (AvgIpc) is 2.88. The zero-order valence-corrected chi connectivity index (χ0v) is 15.5. The molecule has 2 rings (SSSR count). The fraction of sp³-hybridized carbons (Fsp3) is 0.650.